The first-order valence-corrected chi connectivity index (χ1v) is 9.81. The Morgan fingerprint density at radius 2 is 2.00 bits per heavy atom. The molecule has 0 aliphatic carbocycles. The summed E-state index contributed by atoms with van der Waals surface area (Å²) in [5, 5.41) is 0. The summed E-state index contributed by atoms with van der Waals surface area (Å²) >= 11 is 0. The molecular weight excluding hydrogens is 348 g/mol. The molecule has 8 heteroatoms. The van der Waals surface area contributed by atoms with Crippen molar-refractivity contribution in [1.29, 1.82) is 0 Å². The fraction of sp³-hybridized carbons (Fsp3) is 0.529. The predicted molar refractivity (Wildman–Crippen MR) is 90.7 cm³/mol. The van der Waals surface area contributed by atoms with Gasteiger partial charge in [0, 0.05) is 17.0 Å². The van der Waals surface area contributed by atoms with Crippen molar-refractivity contribution in [3.8, 4) is 11.5 Å². The number of cyclic esters (lactones) is 1. The molecular formula is C17H22O7S. The minimum absolute atomic E-state index is 0.0114. The van der Waals surface area contributed by atoms with Crippen LogP contribution in [0, 0.1) is 6.92 Å². The molecule has 1 aromatic rings. The second kappa shape index (κ2) is 7.43. The van der Waals surface area contributed by atoms with Crippen LogP contribution in [0.1, 0.15) is 59.2 Å². The number of carbonyl (C=O) groups excluding carboxylic acids is 2. The molecule has 1 aliphatic heterocycles. The number of unbranched alkanes of at least 4 members (excludes halogenated alkanes) is 1. The summed E-state index contributed by atoms with van der Waals surface area (Å²) in [6.45, 7) is 3.74. The lowest BCUT2D eigenvalue weighted by atomic mass is 9.87. The van der Waals surface area contributed by atoms with E-state index in [1.54, 1.807) is 6.92 Å². The van der Waals surface area contributed by atoms with Gasteiger partial charge in [0.2, 0.25) is 0 Å². The van der Waals surface area contributed by atoms with Gasteiger partial charge in [0.15, 0.2) is 5.75 Å². The fourth-order valence-electron chi connectivity index (χ4n) is 3.05. The summed E-state index contributed by atoms with van der Waals surface area (Å²) in [6, 6.07) is 0. The monoisotopic (exact) mass is 370 g/mol. The Hall–Kier alpha value is -2.09. The van der Waals surface area contributed by atoms with E-state index in [9.17, 15) is 18.0 Å². The average molecular weight is 370 g/mol. The van der Waals surface area contributed by atoms with Gasteiger partial charge in [-0.1, -0.05) is 19.8 Å². The van der Waals surface area contributed by atoms with Gasteiger partial charge in [0.1, 0.15) is 24.2 Å². The normalized spacial score (nSPS) is 14.6. The Bertz CT molecular complexity index is 796. The number of carbonyl (C=O) groups is 2. The van der Waals surface area contributed by atoms with Crippen molar-refractivity contribution in [2.45, 2.75) is 45.6 Å². The molecule has 1 aliphatic rings. The first-order valence-electron chi connectivity index (χ1n) is 8.00. The Labute approximate surface area is 147 Å². The highest BCUT2D eigenvalue weighted by Gasteiger charge is 2.37. The topological polar surface area (TPSA) is 96.0 Å². The molecule has 0 bridgehead atoms. The number of methoxy groups -OCH3 is 1. The van der Waals surface area contributed by atoms with Gasteiger partial charge in [-0.15, -0.1) is 0 Å². The summed E-state index contributed by atoms with van der Waals surface area (Å²) in [5.41, 5.74) is 1.50. The SMILES string of the molecule is CCCCC(C=O)c1c(OC)c(C)c2c(c1OS(C)(=O)=O)C(=O)OC2. The summed E-state index contributed by atoms with van der Waals surface area (Å²) in [5.74, 6) is -1.12. The maximum atomic E-state index is 12.2. The largest absolute Gasteiger partial charge is 0.496 e. The Balaban J connectivity index is 2.81. The molecule has 2 rings (SSSR count). The van der Waals surface area contributed by atoms with Gasteiger partial charge in [-0.2, -0.15) is 8.42 Å². The van der Waals surface area contributed by atoms with E-state index in [0.717, 1.165) is 25.4 Å². The molecule has 0 N–H and O–H groups in total. The lowest BCUT2D eigenvalue weighted by molar-refractivity contribution is -0.109. The van der Waals surface area contributed by atoms with E-state index in [1.165, 1.54) is 7.11 Å². The number of aldehydes is 1. The van der Waals surface area contributed by atoms with E-state index >= 15 is 0 Å². The first-order chi connectivity index (χ1) is 11.7. The molecule has 0 aromatic heterocycles. The van der Waals surface area contributed by atoms with Gasteiger partial charge < -0.3 is 18.5 Å². The first kappa shape index (κ1) is 19.2. The van der Waals surface area contributed by atoms with Crippen molar-refractivity contribution in [2.24, 2.45) is 0 Å². The van der Waals surface area contributed by atoms with Crippen LogP contribution in [0.5, 0.6) is 11.5 Å². The van der Waals surface area contributed by atoms with Crippen molar-refractivity contribution >= 4 is 22.4 Å². The summed E-state index contributed by atoms with van der Waals surface area (Å²) in [4.78, 5) is 23.9. The third kappa shape index (κ3) is 3.78. The number of hydrogen-bond acceptors (Lipinski definition) is 7. The van der Waals surface area contributed by atoms with Crippen LogP contribution in [0.25, 0.3) is 0 Å². The van der Waals surface area contributed by atoms with Crippen LogP contribution < -0.4 is 8.92 Å². The van der Waals surface area contributed by atoms with Gasteiger partial charge in [-0.25, -0.2) is 4.79 Å². The molecule has 0 amide bonds. The van der Waals surface area contributed by atoms with Crippen molar-refractivity contribution < 1.29 is 31.7 Å². The molecule has 0 radical (unpaired) electrons. The van der Waals surface area contributed by atoms with E-state index in [4.69, 9.17) is 13.7 Å². The Morgan fingerprint density at radius 1 is 1.32 bits per heavy atom. The number of esters is 1. The number of fused-ring (bicyclic) bond motifs is 1. The molecule has 25 heavy (non-hydrogen) atoms. The number of benzene rings is 1. The highest BCUT2D eigenvalue weighted by molar-refractivity contribution is 7.86. The second-order valence-electron chi connectivity index (χ2n) is 6.00. The molecule has 7 nitrogen and oxygen atoms in total. The summed E-state index contributed by atoms with van der Waals surface area (Å²) in [7, 11) is -2.49. The van der Waals surface area contributed by atoms with Crippen LogP contribution in [0.3, 0.4) is 0 Å². The van der Waals surface area contributed by atoms with Crippen LogP contribution in [-0.4, -0.2) is 34.0 Å². The molecule has 0 spiro atoms. The van der Waals surface area contributed by atoms with Crippen molar-refractivity contribution in [3.63, 3.8) is 0 Å². The fourth-order valence-corrected chi connectivity index (χ4v) is 3.53. The zero-order valence-electron chi connectivity index (χ0n) is 14.7. The van der Waals surface area contributed by atoms with Crippen molar-refractivity contribution in [3.05, 3.63) is 22.3 Å². The molecule has 1 atom stereocenters. The average Bonchev–Trinajstić information content (AvgIpc) is 2.92. The second-order valence-corrected chi connectivity index (χ2v) is 7.58. The smallest absolute Gasteiger partial charge is 0.342 e. The van der Waals surface area contributed by atoms with E-state index in [2.05, 4.69) is 0 Å². The van der Waals surface area contributed by atoms with Crippen LogP contribution >= 0.6 is 0 Å². The van der Waals surface area contributed by atoms with Gasteiger partial charge in [-0.05, 0) is 18.9 Å². The number of rotatable bonds is 8. The third-order valence-corrected chi connectivity index (χ3v) is 4.68. The highest BCUT2D eigenvalue weighted by Crippen LogP contribution is 2.46. The predicted octanol–water partition coefficient (Wildman–Crippen LogP) is 2.49. The molecule has 138 valence electrons. The van der Waals surface area contributed by atoms with E-state index < -0.39 is 22.0 Å². The number of hydrogen-bond donors (Lipinski definition) is 0. The van der Waals surface area contributed by atoms with Crippen molar-refractivity contribution in [1.82, 2.24) is 0 Å². The molecule has 0 fully saturated rings. The highest BCUT2D eigenvalue weighted by atomic mass is 32.2. The van der Waals surface area contributed by atoms with Crippen LogP contribution in [0.4, 0.5) is 0 Å². The molecule has 1 unspecified atom stereocenters. The van der Waals surface area contributed by atoms with Gasteiger partial charge in [-0.3, -0.25) is 0 Å². The van der Waals surface area contributed by atoms with Gasteiger partial charge in [0.05, 0.1) is 13.4 Å². The van der Waals surface area contributed by atoms with Crippen molar-refractivity contribution in [2.75, 3.05) is 13.4 Å². The maximum Gasteiger partial charge on any atom is 0.342 e. The Kier molecular flexibility index (Phi) is 5.72. The quantitative estimate of drug-likeness (QED) is 0.394. The van der Waals surface area contributed by atoms with Crippen LogP contribution in [0.2, 0.25) is 0 Å². The summed E-state index contributed by atoms with van der Waals surface area (Å²) < 4.78 is 39.2. The van der Waals surface area contributed by atoms with E-state index in [-0.39, 0.29) is 23.5 Å². The van der Waals surface area contributed by atoms with E-state index in [0.29, 0.717) is 23.3 Å². The molecule has 0 saturated carbocycles. The van der Waals surface area contributed by atoms with E-state index in [1.807, 2.05) is 6.92 Å². The zero-order chi connectivity index (χ0) is 18.8. The minimum Gasteiger partial charge on any atom is -0.496 e. The zero-order valence-corrected chi connectivity index (χ0v) is 15.6. The van der Waals surface area contributed by atoms with Crippen LogP contribution in [0.15, 0.2) is 0 Å². The lowest BCUT2D eigenvalue weighted by Crippen LogP contribution is -2.16. The minimum atomic E-state index is -3.92. The molecule has 0 saturated heterocycles. The summed E-state index contributed by atoms with van der Waals surface area (Å²) in [6.07, 6.45) is 3.72. The van der Waals surface area contributed by atoms with Gasteiger partial charge in [0.25, 0.3) is 0 Å². The van der Waals surface area contributed by atoms with Crippen LogP contribution in [-0.2, 0) is 26.3 Å². The Morgan fingerprint density at radius 3 is 2.52 bits per heavy atom. The number of ether oxygens (including phenoxy) is 2. The maximum absolute atomic E-state index is 12.2. The van der Waals surface area contributed by atoms with Gasteiger partial charge >= 0.3 is 16.1 Å². The molecule has 1 aromatic carbocycles. The third-order valence-electron chi connectivity index (χ3n) is 4.21. The lowest BCUT2D eigenvalue weighted by Gasteiger charge is -2.22. The molecule has 1 heterocycles. The standard InChI is InChI=1S/C17H22O7S/c1-5-6-7-11(8-18)13-15(22-3)10(2)12-9-23-17(19)14(12)16(13)24-25(4,20)21/h8,11H,5-7,9H2,1-4H3.